The van der Waals surface area contributed by atoms with Crippen LogP contribution in [0.25, 0.3) is 21.2 Å². The second-order valence-electron chi connectivity index (χ2n) is 6.88. The first kappa shape index (κ1) is 22.7. The molecule has 0 fully saturated rings. The molecule has 1 aromatic heterocycles. The highest BCUT2D eigenvalue weighted by molar-refractivity contribution is 7.80. The van der Waals surface area contributed by atoms with E-state index in [1.807, 2.05) is 18.2 Å². The summed E-state index contributed by atoms with van der Waals surface area (Å²) in [5, 5.41) is 19.0. The number of nitrogens with one attached hydrogen (secondary N) is 2. The van der Waals surface area contributed by atoms with E-state index in [0.717, 1.165) is 27.0 Å². The van der Waals surface area contributed by atoms with Gasteiger partial charge in [0.1, 0.15) is 4.88 Å². The Balaban J connectivity index is 1.47. The maximum atomic E-state index is 11.9. The number of thiocarbonyl (C=S) groups is 1. The van der Waals surface area contributed by atoms with Crippen molar-refractivity contribution in [2.24, 2.45) is 0 Å². The van der Waals surface area contributed by atoms with Crippen molar-refractivity contribution < 1.29 is 14.5 Å². The van der Waals surface area contributed by atoms with Crippen LogP contribution in [0.1, 0.15) is 9.67 Å². The molecule has 0 bridgehead atoms. The number of ether oxygens (including phenoxy) is 1. The molecule has 7 nitrogen and oxygen atoms in total. The molecule has 0 saturated heterocycles. The zero-order chi connectivity index (χ0) is 23.5. The number of nitrogens with zero attached hydrogens (tertiary/aromatic N) is 1. The molecule has 0 aliphatic heterocycles. The summed E-state index contributed by atoms with van der Waals surface area (Å²) < 4.78 is 5.59. The van der Waals surface area contributed by atoms with Gasteiger partial charge in [-0.2, -0.15) is 0 Å². The number of rotatable bonds is 5. The Morgan fingerprint density at radius 3 is 2.42 bits per heavy atom. The van der Waals surface area contributed by atoms with Crippen molar-refractivity contribution in [3.8, 4) is 11.1 Å². The smallest absolute Gasteiger partial charge is 0.349 e. The summed E-state index contributed by atoms with van der Waals surface area (Å²) in [5.41, 5.74) is 2.78. The van der Waals surface area contributed by atoms with Gasteiger partial charge in [0.15, 0.2) is 5.11 Å². The van der Waals surface area contributed by atoms with E-state index < -0.39 is 10.9 Å². The maximum Gasteiger partial charge on any atom is 0.349 e. The van der Waals surface area contributed by atoms with E-state index in [9.17, 15) is 14.9 Å². The van der Waals surface area contributed by atoms with Crippen LogP contribution in [-0.4, -0.2) is 23.1 Å². The monoisotopic (exact) mass is 497 g/mol. The van der Waals surface area contributed by atoms with Crippen LogP contribution in [0.4, 0.5) is 17.1 Å². The topological polar surface area (TPSA) is 93.5 Å². The molecule has 1 heterocycles. The van der Waals surface area contributed by atoms with Gasteiger partial charge in [-0.15, -0.1) is 11.3 Å². The fraction of sp³-hybridized carbons (Fsp3) is 0.0435. The lowest BCUT2D eigenvalue weighted by Crippen LogP contribution is -2.18. The van der Waals surface area contributed by atoms with Crippen LogP contribution in [0, 0.1) is 10.1 Å². The molecule has 0 aliphatic rings. The predicted octanol–water partition coefficient (Wildman–Crippen LogP) is 6.73. The third kappa shape index (κ3) is 4.80. The number of hydrogen-bond acceptors (Lipinski definition) is 6. The molecule has 0 radical (unpaired) electrons. The number of nitro groups is 1. The van der Waals surface area contributed by atoms with E-state index in [1.54, 1.807) is 42.5 Å². The van der Waals surface area contributed by atoms with Crippen molar-refractivity contribution in [2.45, 2.75) is 0 Å². The third-order valence-electron chi connectivity index (χ3n) is 4.81. The number of hydrogen-bond donors (Lipinski definition) is 2. The molecule has 2 N–H and O–H groups in total. The minimum atomic E-state index is -0.475. The molecule has 0 aliphatic carbocycles. The van der Waals surface area contributed by atoms with Crippen molar-refractivity contribution in [1.82, 2.24) is 0 Å². The number of benzene rings is 3. The van der Waals surface area contributed by atoms with Crippen LogP contribution in [0.5, 0.6) is 0 Å². The predicted molar refractivity (Wildman–Crippen MR) is 137 cm³/mol. The Hall–Kier alpha value is -3.53. The van der Waals surface area contributed by atoms with E-state index in [1.165, 1.54) is 24.5 Å². The van der Waals surface area contributed by atoms with Gasteiger partial charge in [-0.25, -0.2) is 4.79 Å². The molecular formula is C23H16ClN3O4S2. The Kier molecular flexibility index (Phi) is 6.55. The van der Waals surface area contributed by atoms with Crippen LogP contribution in [0.3, 0.4) is 0 Å². The molecule has 0 saturated carbocycles. The second-order valence-corrected chi connectivity index (χ2v) is 8.72. The van der Waals surface area contributed by atoms with Gasteiger partial charge in [0.2, 0.25) is 0 Å². The van der Waals surface area contributed by atoms with Crippen LogP contribution >= 0.6 is 35.2 Å². The number of methoxy groups -OCH3 is 1. The van der Waals surface area contributed by atoms with Crippen molar-refractivity contribution >= 4 is 73.4 Å². The minimum Gasteiger partial charge on any atom is -0.465 e. The van der Waals surface area contributed by atoms with Crippen LogP contribution in [-0.2, 0) is 4.74 Å². The average molecular weight is 498 g/mol. The molecule has 3 aromatic carbocycles. The van der Waals surface area contributed by atoms with E-state index >= 15 is 0 Å². The van der Waals surface area contributed by atoms with Gasteiger partial charge >= 0.3 is 5.97 Å². The number of fused-ring (bicyclic) bond motifs is 1. The molecule has 0 unspecified atom stereocenters. The van der Waals surface area contributed by atoms with Gasteiger partial charge in [0, 0.05) is 27.5 Å². The molecule has 4 aromatic rings. The summed E-state index contributed by atoms with van der Waals surface area (Å²) in [4.78, 5) is 23.1. The third-order valence-corrected chi connectivity index (χ3v) is 6.65. The van der Waals surface area contributed by atoms with Gasteiger partial charge in [0.25, 0.3) is 5.69 Å². The number of anilines is 2. The quantitative estimate of drug-likeness (QED) is 0.137. The lowest BCUT2D eigenvalue weighted by atomic mass is 10.0. The highest BCUT2D eigenvalue weighted by Crippen LogP contribution is 2.37. The normalized spacial score (nSPS) is 10.6. The van der Waals surface area contributed by atoms with Gasteiger partial charge in [-0.3, -0.25) is 10.1 Å². The van der Waals surface area contributed by atoms with E-state index in [-0.39, 0.29) is 5.69 Å². The summed E-state index contributed by atoms with van der Waals surface area (Å²) in [6.45, 7) is 0. The van der Waals surface area contributed by atoms with Gasteiger partial charge in [-0.05, 0) is 54.2 Å². The number of carbonyl (C=O) groups excluding carboxylic acids is 1. The fourth-order valence-corrected chi connectivity index (χ4v) is 4.97. The Morgan fingerprint density at radius 2 is 1.73 bits per heavy atom. The summed E-state index contributed by atoms with van der Waals surface area (Å²) in [6, 6.07) is 19.2. The number of carbonyl (C=O) groups is 1. The first-order valence-electron chi connectivity index (χ1n) is 9.59. The van der Waals surface area contributed by atoms with E-state index in [4.69, 9.17) is 28.6 Å². The largest absolute Gasteiger partial charge is 0.465 e. The van der Waals surface area contributed by atoms with Crippen LogP contribution in [0.2, 0.25) is 5.02 Å². The average Bonchev–Trinajstić information content (AvgIpc) is 3.14. The molecule has 10 heteroatoms. The molecule has 166 valence electrons. The summed E-state index contributed by atoms with van der Waals surface area (Å²) in [7, 11) is 1.31. The van der Waals surface area contributed by atoms with Gasteiger partial charge in [0.05, 0.1) is 22.6 Å². The van der Waals surface area contributed by atoms with Gasteiger partial charge in [-0.1, -0.05) is 35.9 Å². The standard InChI is InChI=1S/C23H16ClN3O4S2/c1-31-22(28)21-20(24)17-11-10-15(12-19(17)33-21)26-23(32)25-14-8-6-13(7-9-14)16-4-2-3-5-18(16)27(29)30/h2-12H,1H3,(H2,25,26,32). The Labute approximate surface area is 203 Å². The molecule has 33 heavy (non-hydrogen) atoms. The lowest BCUT2D eigenvalue weighted by molar-refractivity contribution is -0.384. The zero-order valence-electron chi connectivity index (χ0n) is 17.1. The van der Waals surface area contributed by atoms with Gasteiger partial charge < -0.3 is 15.4 Å². The van der Waals surface area contributed by atoms with E-state index in [0.29, 0.717) is 20.6 Å². The van der Waals surface area contributed by atoms with Crippen molar-refractivity contribution in [1.29, 1.82) is 0 Å². The molecular weight excluding hydrogens is 482 g/mol. The lowest BCUT2D eigenvalue weighted by Gasteiger charge is -2.11. The highest BCUT2D eigenvalue weighted by Gasteiger charge is 2.18. The molecule has 4 rings (SSSR count). The number of halogens is 1. The summed E-state index contributed by atoms with van der Waals surface area (Å²) in [6.07, 6.45) is 0. The molecule has 0 atom stereocenters. The first-order valence-corrected chi connectivity index (χ1v) is 11.2. The number of para-hydroxylation sites is 1. The molecule has 0 amide bonds. The van der Waals surface area contributed by atoms with Crippen molar-refractivity contribution in [2.75, 3.05) is 17.7 Å². The van der Waals surface area contributed by atoms with Crippen LogP contribution < -0.4 is 10.6 Å². The number of nitro benzene ring substituents is 1. The number of thiophene rings is 1. The highest BCUT2D eigenvalue weighted by atomic mass is 35.5. The Morgan fingerprint density at radius 1 is 1.06 bits per heavy atom. The number of esters is 1. The molecule has 0 spiro atoms. The van der Waals surface area contributed by atoms with E-state index in [2.05, 4.69) is 10.6 Å². The van der Waals surface area contributed by atoms with Crippen LogP contribution in [0.15, 0.2) is 66.7 Å². The van der Waals surface area contributed by atoms with Crippen molar-refractivity contribution in [3.05, 3.63) is 86.7 Å². The summed E-state index contributed by atoms with van der Waals surface area (Å²) >= 11 is 12.9. The Bertz CT molecular complexity index is 1390. The minimum absolute atomic E-state index is 0.0508. The van der Waals surface area contributed by atoms with Crippen molar-refractivity contribution in [3.63, 3.8) is 0 Å². The first-order chi connectivity index (χ1) is 15.9. The summed E-state index contributed by atoms with van der Waals surface area (Å²) in [5.74, 6) is -0.475. The zero-order valence-corrected chi connectivity index (χ0v) is 19.5. The fourth-order valence-electron chi connectivity index (χ4n) is 3.27. The SMILES string of the molecule is COC(=O)c1sc2cc(NC(=S)Nc3ccc(-c4ccccc4[N+](=O)[O-])cc3)ccc2c1Cl. The maximum absolute atomic E-state index is 11.9. The second kappa shape index (κ2) is 9.53.